The van der Waals surface area contributed by atoms with Crippen LogP contribution in [-0.4, -0.2) is 59.5 Å². The van der Waals surface area contributed by atoms with Crippen molar-refractivity contribution in [3.63, 3.8) is 0 Å². The summed E-state index contributed by atoms with van der Waals surface area (Å²) in [5.41, 5.74) is 0. The topological polar surface area (TPSA) is 80.8 Å². The molecular weight excluding hydrogens is 318 g/mol. The number of anilines is 1. The van der Waals surface area contributed by atoms with Crippen LogP contribution in [0.1, 0.15) is 6.92 Å². The van der Waals surface area contributed by atoms with Crippen molar-refractivity contribution < 1.29 is 17.9 Å². The van der Waals surface area contributed by atoms with Crippen LogP contribution in [-0.2, 0) is 19.5 Å². The molecule has 2 aliphatic heterocycles. The van der Waals surface area contributed by atoms with Crippen molar-refractivity contribution in [3.05, 3.63) is 18.2 Å². The number of rotatable bonds is 7. The van der Waals surface area contributed by atoms with Crippen molar-refractivity contribution in [2.75, 3.05) is 51.0 Å². The second-order valence-electron chi connectivity index (χ2n) is 5.89. The van der Waals surface area contributed by atoms with Gasteiger partial charge in [0.05, 0.1) is 19.8 Å². The van der Waals surface area contributed by atoms with Gasteiger partial charge in [0.25, 0.3) is 10.0 Å². The number of pyridine rings is 1. The van der Waals surface area contributed by atoms with E-state index in [9.17, 15) is 8.42 Å². The van der Waals surface area contributed by atoms with Gasteiger partial charge in [0.15, 0.2) is 5.03 Å². The largest absolute Gasteiger partial charge is 0.381 e. The zero-order valence-electron chi connectivity index (χ0n) is 13.3. The molecule has 128 valence electrons. The number of ether oxygens (including phenoxy) is 2. The first kappa shape index (κ1) is 16.6. The number of hydrogen-bond acceptors (Lipinski definition) is 6. The van der Waals surface area contributed by atoms with E-state index in [4.69, 9.17) is 9.47 Å². The fraction of sp³-hybridized carbons (Fsp3) is 0.667. The van der Waals surface area contributed by atoms with E-state index in [0.29, 0.717) is 30.9 Å². The lowest BCUT2D eigenvalue weighted by atomic mass is 10.0. The maximum Gasteiger partial charge on any atom is 0.258 e. The van der Waals surface area contributed by atoms with Crippen LogP contribution in [0, 0.1) is 11.8 Å². The van der Waals surface area contributed by atoms with E-state index < -0.39 is 10.0 Å². The van der Waals surface area contributed by atoms with Crippen LogP contribution >= 0.6 is 0 Å². The molecule has 0 saturated carbocycles. The van der Waals surface area contributed by atoms with Gasteiger partial charge < -0.3 is 14.4 Å². The Hall–Kier alpha value is -1.22. The van der Waals surface area contributed by atoms with Crippen molar-refractivity contribution in [3.8, 4) is 0 Å². The van der Waals surface area contributed by atoms with Crippen LogP contribution in [0.15, 0.2) is 23.2 Å². The number of nitrogens with one attached hydrogen (secondary N) is 1. The number of fused-ring (bicyclic) bond motifs is 1. The summed E-state index contributed by atoms with van der Waals surface area (Å²) in [4.78, 5) is 6.50. The molecule has 0 spiro atoms. The summed E-state index contributed by atoms with van der Waals surface area (Å²) in [6.07, 6.45) is 0. The minimum Gasteiger partial charge on any atom is -0.381 e. The van der Waals surface area contributed by atoms with E-state index in [0.717, 1.165) is 26.3 Å². The molecule has 3 heterocycles. The lowest BCUT2D eigenvalue weighted by molar-refractivity contribution is 0.153. The van der Waals surface area contributed by atoms with Gasteiger partial charge >= 0.3 is 0 Å². The highest BCUT2D eigenvalue weighted by Gasteiger charge is 2.37. The first-order valence-electron chi connectivity index (χ1n) is 7.97. The molecule has 3 rings (SSSR count). The highest BCUT2D eigenvalue weighted by atomic mass is 32.2. The van der Waals surface area contributed by atoms with Crippen molar-refractivity contribution in [2.45, 2.75) is 11.9 Å². The molecule has 7 nitrogen and oxygen atoms in total. The Bertz CT molecular complexity index is 625. The van der Waals surface area contributed by atoms with Gasteiger partial charge in [0.2, 0.25) is 0 Å². The third-order valence-electron chi connectivity index (χ3n) is 4.29. The lowest BCUT2D eigenvalue weighted by Crippen LogP contribution is -2.29. The van der Waals surface area contributed by atoms with Gasteiger partial charge in [-0.3, -0.25) is 0 Å². The predicted molar refractivity (Wildman–Crippen MR) is 85.9 cm³/mol. The molecule has 2 aliphatic rings. The Kier molecular flexibility index (Phi) is 5.15. The predicted octanol–water partition coefficient (Wildman–Crippen LogP) is 0.479. The van der Waals surface area contributed by atoms with Crippen molar-refractivity contribution in [1.29, 1.82) is 0 Å². The summed E-state index contributed by atoms with van der Waals surface area (Å²) >= 11 is 0. The maximum atomic E-state index is 12.3. The van der Waals surface area contributed by atoms with Crippen molar-refractivity contribution in [1.82, 2.24) is 9.71 Å². The smallest absolute Gasteiger partial charge is 0.258 e. The van der Waals surface area contributed by atoms with E-state index in [-0.39, 0.29) is 11.6 Å². The molecule has 0 amide bonds. The van der Waals surface area contributed by atoms with Gasteiger partial charge in [-0.15, -0.1) is 0 Å². The van der Waals surface area contributed by atoms with Crippen molar-refractivity contribution >= 4 is 15.8 Å². The number of nitrogens with zero attached hydrogens (tertiary/aromatic N) is 2. The van der Waals surface area contributed by atoms with Gasteiger partial charge in [-0.1, -0.05) is 6.07 Å². The summed E-state index contributed by atoms with van der Waals surface area (Å²) in [6.45, 7) is 6.36. The summed E-state index contributed by atoms with van der Waals surface area (Å²) in [7, 11) is -3.60. The fourth-order valence-corrected chi connectivity index (χ4v) is 4.04. The monoisotopic (exact) mass is 341 g/mol. The van der Waals surface area contributed by atoms with E-state index in [1.165, 1.54) is 6.07 Å². The van der Waals surface area contributed by atoms with Crippen LogP contribution in [0.3, 0.4) is 0 Å². The molecule has 8 heteroatoms. The third-order valence-corrected chi connectivity index (χ3v) is 5.65. The van der Waals surface area contributed by atoms with Crippen LogP contribution in [0.5, 0.6) is 0 Å². The van der Waals surface area contributed by atoms with Crippen LogP contribution in [0.2, 0.25) is 0 Å². The Labute approximate surface area is 137 Å². The number of aromatic nitrogens is 1. The van der Waals surface area contributed by atoms with Crippen LogP contribution in [0.4, 0.5) is 5.82 Å². The average Bonchev–Trinajstić information content (AvgIpc) is 3.13. The van der Waals surface area contributed by atoms with Gasteiger partial charge in [-0.05, 0) is 19.1 Å². The Balaban J connectivity index is 1.67. The quantitative estimate of drug-likeness (QED) is 0.727. The standard InChI is InChI=1S/C15H23N3O4S/c1-2-21-7-6-16-23(19,20)15-5-3-4-14(17-15)18-8-12-10-22-11-13(12)9-18/h3-5,12-13,16H,2,6-11H2,1H3/t12-,13+. The second-order valence-corrected chi connectivity index (χ2v) is 7.61. The summed E-state index contributed by atoms with van der Waals surface area (Å²) in [6, 6.07) is 5.12. The van der Waals surface area contributed by atoms with Crippen molar-refractivity contribution in [2.24, 2.45) is 11.8 Å². The molecule has 2 fully saturated rings. The van der Waals surface area contributed by atoms with Gasteiger partial charge in [0.1, 0.15) is 5.82 Å². The SMILES string of the molecule is CCOCCNS(=O)(=O)c1cccc(N2C[C@H]3COC[C@H]3C2)n1. The molecule has 1 aromatic heterocycles. The Morgan fingerprint density at radius 1 is 1.35 bits per heavy atom. The van der Waals surface area contributed by atoms with Gasteiger partial charge in [0, 0.05) is 38.1 Å². The fourth-order valence-electron chi connectivity index (χ4n) is 3.07. The van der Waals surface area contributed by atoms with E-state index >= 15 is 0 Å². The molecule has 0 unspecified atom stereocenters. The minimum atomic E-state index is -3.60. The van der Waals surface area contributed by atoms with Crippen LogP contribution < -0.4 is 9.62 Å². The Morgan fingerprint density at radius 3 is 2.78 bits per heavy atom. The maximum absolute atomic E-state index is 12.3. The zero-order chi connectivity index (χ0) is 16.3. The highest BCUT2D eigenvalue weighted by Crippen LogP contribution is 2.31. The Morgan fingerprint density at radius 2 is 2.09 bits per heavy atom. The van der Waals surface area contributed by atoms with E-state index in [1.807, 2.05) is 13.0 Å². The zero-order valence-corrected chi connectivity index (χ0v) is 14.1. The van der Waals surface area contributed by atoms with E-state index in [1.54, 1.807) is 6.07 Å². The average molecular weight is 341 g/mol. The highest BCUT2D eigenvalue weighted by molar-refractivity contribution is 7.89. The first-order chi connectivity index (χ1) is 11.1. The molecular formula is C15H23N3O4S. The molecule has 1 aromatic rings. The van der Waals surface area contributed by atoms with Crippen LogP contribution in [0.25, 0.3) is 0 Å². The molecule has 0 radical (unpaired) electrons. The second kappa shape index (κ2) is 7.12. The molecule has 0 aliphatic carbocycles. The molecule has 23 heavy (non-hydrogen) atoms. The summed E-state index contributed by atoms with van der Waals surface area (Å²) in [5.74, 6) is 1.77. The van der Waals surface area contributed by atoms with Gasteiger partial charge in [-0.25, -0.2) is 18.1 Å². The number of sulfonamides is 1. The molecule has 2 atom stereocenters. The first-order valence-corrected chi connectivity index (χ1v) is 9.45. The molecule has 2 saturated heterocycles. The van der Waals surface area contributed by atoms with Gasteiger partial charge in [-0.2, -0.15) is 0 Å². The molecule has 1 N–H and O–H groups in total. The summed E-state index contributed by atoms with van der Waals surface area (Å²) in [5, 5.41) is 0.0554. The number of hydrogen-bond donors (Lipinski definition) is 1. The molecule has 0 aromatic carbocycles. The third kappa shape index (κ3) is 3.82. The summed E-state index contributed by atoms with van der Waals surface area (Å²) < 4.78 is 37.7. The molecule has 0 bridgehead atoms. The lowest BCUT2D eigenvalue weighted by Gasteiger charge is -2.19. The minimum absolute atomic E-state index is 0.0554. The normalized spacial score (nSPS) is 24.1. The van der Waals surface area contributed by atoms with E-state index in [2.05, 4.69) is 14.6 Å².